The number of rotatable bonds is 11. The van der Waals surface area contributed by atoms with E-state index >= 15 is 0 Å². The number of carbonyl (C=O) groups excluding carboxylic acids is 4. The molecule has 216 valence electrons. The minimum atomic E-state index is -1.43. The molecule has 16 heteroatoms. The number of aromatic nitrogens is 4. The second-order valence-electron chi connectivity index (χ2n) is 9.40. The van der Waals surface area contributed by atoms with Gasteiger partial charge in [-0.2, -0.15) is 0 Å². The summed E-state index contributed by atoms with van der Waals surface area (Å²) in [6.45, 7) is 4.46. The zero-order valence-corrected chi connectivity index (χ0v) is 24.3. The smallest absolute Gasteiger partial charge is 0.305 e. The molecule has 1 saturated heterocycles. The summed E-state index contributed by atoms with van der Waals surface area (Å²) in [6, 6.07) is 1.67. The number of carboxylic acids is 1. The van der Waals surface area contributed by atoms with Crippen molar-refractivity contribution in [1.82, 2.24) is 35.7 Å². The van der Waals surface area contributed by atoms with Crippen LogP contribution in [0.2, 0.25) is 10.0 Å². The fourth-order valence-electron chi connectivity index (χ4n) is 4.24. The number of nitrogens with zero attached hydrogens (tertiary/aromatic N) is 5. The van der Waals surface area contributed by atoms with E-state index in [2.05, 4.69) is 26.2 Å². The fourth-order valence-corrected chi connectivity index (χ4v) is 5.67. The topological polar surface area (TPSA) is 176 Å². The van der Waals surface area contributed by atoms with Gasteiger partial charge in [0.1, 0.15) is 18.6 Å². The predicted octanol–water partition coefficient (Wildman–Crippen LogP) is 1.81. The van der Waals surface area contributed by atoms with Crippen LogP contribution in [0.5, 0.6) is 0 Å². The lowest BCUT2D eigenvalue weighted by Gasteiger charge is -2.31. The third kappa shape index (κ3) is 7.92. The molecular weight excluding hydrogens is 585 g/mol. The molecule has 0 spiro atoms. The molecule has 1 aromatic heterocycles. The highest BCUT2D eigenvalue weighted by molar-refractivity contribution is 7.99. The van der Waals surface area contributed by atoms with Crippen LogP contribution in [0.15, 0.2) is 28.3 Å². The van der Waals surface area contributed by atoms with Crippen LogP contribution < -0.4 is 10.6 Å². The Labute approximate surface area is 244 Å². The monoisotopic (exact) mass is 613 g/mol. The molecule has 0 bridgehead atoms. The first-order chi connectivity index (χ1) is 18.9. The molecule has 1 aliphatic heterocycles. The first-order valence-electron chi connectivity index (χ1n) is 12.4. The summed E-state index contributed by atoms with van der Waals surface area (Å²) in [4.78, 5) is 64.6. The average Bonchev–Trinajstić information content (AvgIpc) is 3.26. The highest BCUT2D eigenvalue weighted by atomic mass is 35.5. The molecular formula is C24H29Cl2N7O6S. The lowest BCUT2D eigenvalue weighted by atomic mass is 9.97. The Hall–Kier alpha value is -3.23. The second-order valence-corrected chi connectivity index (χ2v) is 11.2. The number of hydrogen-bond acceptors (Lipinski definition) is 9. The van der Waals surface area contributed by atoms with Gasteiger partial charge in [-0.25, -0.2) is 4.68 Å². The zero-order chi connectivity index (χ0) is 29.6. The Bertz CT molecular complexity index is 1270. The van der Waals surface area contributed by atoms with Crippen LogP contribution in [0.1, 0.15) is 40.0 Å². The minimum absolute atomic E-state index is 0.137. The average molecular weight is 615 g/mol. The number of tetrazole rings is 1. The number of likely N-dealkylation sites (tertiary alicyclic amines) is 1. The number of hydrogen-bond donors (Lipinski definition) is 3. The molecule has 3 N–H and O–H groups in total. The van der Waals surface area contributed by atoms with Crippen molar-refractivity contribution in [3.05, 3.63) is 28.2 Å². The predicted molar refractivity (Wildman–Crippen MR) is 145 cm³/mol. The first-order valence-corrected chi connectivity index (χ1v) is 14.0. The summed E-state index contributed by atoms with van der Waals surface area (Å²) in [7, 11) is 0. The van der Waals surface area contributed by atoms with Gasteiger partial charge in [0.05, 0.1) is 27.4 Å². The van der Waals surface area contributed by atoms with Crippen LogP contribution in [0.4, 0.5) is 0 Å². The fraction of sp³-hybridized carbons (Fsp3) is 0.500. The van der Waals surface area contributed by atoms with Crippen molar-refractivity contribution >= 4 is 64.4 Å². The Balaban J connectivity index is 1.74. The van der Waals surface area contributed by atoms with Gasteiger partial charge in [0.15, 0.2) is 5.78 Å². The first kappa shape index (κ1) is 31.3. The van der Waals surface area contributed by atoms with Gasteiger partial charge in [0.2, 0.25) is 22.9 Å². The molecule has 1 fully saturated rings. The molecule has 40 heavy (non-hydrogen) atoms. The number of nitrogens with one attached hydrogen (secondary N) is 2. The van der Waals surface area contributed by atoms with E-state index in [1.165, 1.54) is 18.7 Å². The number of carboxylic acid groups (broad SMARTS) is 1. The molecule has 1 aromatic carbocycles. The molecule has 2 aromatic rings. The molecule has 13 nitrogen and oxygen atoms in total. The number of carbonyl (C=O) groups is 5. The van der Waals surface area contributed by atoms with E-state index in [4.69, 9.17) is 23.2 Å². The lowest BCUT2D eigenvalue weighted by molar-refractivity contribution is -0.144. The molecule has 3 rings (SSSR count). The van der Waals surface area contributed by atoms with E-state index in [9.17, 15) is 29.1 Å². The maximum atomic E-state index is 13.2. The van der Waals surface area contributed by atoms with E-state index in [0.717, 1.165) is 16.4 Å². The Morgan fingerprint density at radius 2 is 1.90 bits per heavy atom. The van der Waals surface area contributed by atoms with Crippen molar-refractivity contribution in [2.24, 2.45) is 5.92 Å². The molecule has 4 atom stereocenters. The van der Waals surface area contributed by atoms with Crippen molar-refractivity contribution in [2.45, 2.75) is 74.8 Å². The van der Waals surface area contributed by atoms with Gasteiger partial charge in [-0.3, -0.25) is 24.0 Å². The van der Waals surface area contributed by atoms with E-state index < -0.39 is 54.7 Å². The molecule has 1 aliphatic rings. The number of ketones is 1. The van der Waals surface area contributed by atoms with Crippen molar-refractivity contribution in [2.75, 3.05) is 6.54 Å². The SMILES string of the molecule is CC(=O)N[C@@H]1C(=O)N([C@@H](C)C(=O)NC(CC(=O)O)C(=O)Cn2nnnc2Sc2c(Cl)cccc2Cl)CCC[C@H]1C. The van der Waals surface area contributed by atoms with Gasteiger partial charge in [0.25, 0.3) is 0 Å². The van der Waals surface area contributed by atoms with E-state index in [0.29, 0.717) is 27.8 Å². The summed E-state index contributed by atoms with van der Waals surface area (Å²) in [6.07, 6.45) is 0.568. The van der Waals surface area contributed by atoms with Crippen LogP contribution in [-0.2, 0) is 30.5 Å². The van der Waals surface area contributed by atoms with Crippen LogP contribution in [-0.4, -0.2) is 84.4 Å². The maximum absolute atomic E-state index is 13.2. The molecule has 2 heterocycles. The van der Waals surface area contributed by atoms with E-state index in [1.807, 2.05) is 6.92 Å². The van der Waals surface area contributed by atoms with Crippen molar-refractivity contribution in [3.8, 4) is 0 Å². The van der Waals surface area contributed by atoms with Crippen LogP contribution >= 0.6 is 35.0 Å². The van der Waals surface area contributed by atoms with Gasteiger partial charge >= 0.3 is 5.97 Å². The normalized spacial score (nSPS) is 18.9. The summed E-state index contributed by atoms with van der Waals surface area (Å²) in [5.74, 6) is -3.62. The largest absolute Gasteiger partial charge is 0.481 e. The van der Waals surface area contributed by atoms with Gasteiger partial charge in [-0.05, 0) is 60.0 Å². The molecule has 0 radical (unpaired) electrons. The standard InChI is InChI=1S/C24H29Cl2N7O6S/c1-12-6-5-9-32(23(39)20(12)27-14(3)34)13(2)22(38)28-17(10-19(36)37)18(35)11-33-24(29-30-31-33)40-21-15(25)7-4-8-16(21)26/h4,7-8,12-13,17,20H,5-6,9-11H2,1-3H3,(H,27,34)(H,28,38)(H,36,37)/t12-,13+,17?,20+/m1/s1. The Morgan fingerprint density at radius 3 is 2.52 bits per heavy atom. The Morgan fingerprint density at radius 1 is 1.23 bits per heavy atom. The number of Topliss-reactive ketones (excluding diaryl/α,β-unsaturated/α-hetero) is 1. The third-order valence-electron chi connectivity index (χ3n) is 6.38. The minimum Gasteiger partial charge on any atom is -0.481 e. The van der Waals surface area contributed by atoms with Gasteiger partial charge in [0, 0.05) is 13.5 Å². The molecule has 0 saturated carbocycles. The van der Waals surface area contributed by atoms with Gasteiger partial charge in [-0.15, -0.1) is 5.10 Å². The van der Waals surface area contributed by atoms with E-state index in [-0.39, 0.29) is 23.5 Å². The summed E-state index contributed by atoms with van der Waals surface area (Å²) in [5.41, 5.74) is 0. The quantitative estimate of drug-likeness (QED) is 0.338. The highest BCUT2D eigenvalue weighted by Crippen LogP contribution is 2.37. The molecule has 3 amide bonds. The number of benzene rings is 1. The van der Waals surface area contributed by atoms with Crippen molar-refractivity contribution in [3.63, 3.8) is 0 Å². The highest BCUT2D eigenvalue weighted by Gasteiger charge is 2.37. The van der Waals surface area contributed by atoms with Crippen molar-refractivity contribution in [1.29, 1.82) is 0 Å². The third-order valence-corrected chi connectivity index (χ3v) is 8.36. The summed E-state index contributed by atoms with van der Waals surface area (Å²) in [5, 5.41) is 26.7. The summed E-state index contributed by atoms with van der Waals surface area (Å²) < 4.78 is 1.15. The molecule has 0 aliphatic carbocycles. The van der Waals surface area contributed by atoms with Crippen LogP contribution in [0.25, 0.3) is 0 Å². The summed E-state index contributed by atoms with van der Waals surface area (Å²) >= 11 is 13.4. The second kappa shape index (κ2) is 13.9. The number of halogens is 2. The van der Waals surface area contributed by atoms with Gasteiger partial charge < -0.3 is 20.6 Å². The number of aliphatic carboxylic acids is 1. The number of amides is 3. The van der Waals surface area contributed by atoms with Gasteiger partial charge in [-0.1, -0.05) is 36.2 Å². The van der Waals surface area contributed by atoms with Crippen LogP contribution in [0.3, 0.4) is 0 Å². The zero-order valence-electron chi connectivity index (χ0n) is 22.0. The van der Waals surface area contributed by atoms with E-state index in [1.54, 1.807) is 18.2 Å². The van der Waals surface area contributed by atoms with Crippen molar-refractivity contribution < 1.29 is 29.1 Å². The van der Waals surface area contributed by atoms with Crippen LogP contribution in [0, 0.1) is 5.92 Å². The maximum Gasteiger partial charge on any atom is 0.305 e. The lowest BCUT2D eigenvalue weighted by Crippen LogP contribution is -2.57. The Kier molecular flexibility index (Phi) is 10.9. The molecule has 1 unspecified atom stereocenters.